The first-order chi connectivity index (χ1) is 16.2. The fourth-order valence-electron chi connectivity index (χ4n) is 3.88. The molecular formula is C28H47N3O4. The van der Waals surface area contributed by atoms with Gasteiger partial charge < -0.3 is 20.3 Å². The number of rotatable bonds is 11. The number of carbonyl (C=O) groups is 3. The third-order valence-corrected chi connectivity index (χ3v) is 6.12. The van der Waals surface area contributed by atoms with Gasteiger partial charge in [0.15, 0.2) is 0 Å². The lowest BCUT2D eigenvalue weighted by atomic mass is 9.92. The first kappa shape index (κ1) is 30.5. The molecule has 1 aromatic rings. The van der Waals surface area contributed by atoms with Gasteiger partial charge in [0.2, 0.25) is 11.8 Å². The second kappa shape index (κ2) is 13.5. The van der Waals surface area contributed by atoms with E-state index in [1.807, 2.05) is 59.7 Å². The van der Waals surface area contributed by atoms with Gasteiger partial charge in [0, 0.05) is 12.6 Å². The largest absolute Gasteiger partial charge is 0.444 e. The van der Waals surface area contributed by atoms with Crippen molar-refractivity contribution in [1.82, 2.24) is 15.5 Å². The maximum atomic E-state index is 14.1. The van der Waals surface area contributed by atoms with Gasteiger partial charge in [0.05, 0.1) is 0 Å². The molecule has 0 fully saturated rings. The highest BCUT2D eigenvalue weighted by Gasteiger charge is 2.38. The molecular weight excluding hydrogens is 442 g/mol. The van der Waals surface area contributed by atoms with Gasteiger partial charge in [-0.1, -0.05) is 51.8 Å². The summed E-state index contributed by atoms with van der Waals surface area (Å²) < 4.78 is 5.45. The molecule has 0 aliphatic carbocycles. The highest BCUT2D eigenvalue weighted by Crippen LogP contribution is 2.29. The molecule has 3 atom stereocenters. The molecule has 0 bridgehead atoms. The standard InChI is InChI=1S/C28H47N3O4/c1-11-13-17-31(26(33)23(19(5)12-2)30-27(34)35-28(8,9)10)24(25(32)29-18(3)4)22-16-14-15-20(6)21(22)7/h14-16,18-19,23-24H,11-13,17H2,1-10H3,(H,29,32)(H,30,34). The lowest BCUT2D eigenvalue weighted by Gasteiger charge is -2.37. The van der Waals surface area contributed by atoms with Crippen LogP contribution in [0.3, 0.4) is 0 Å². The molecule has 7 heteroatoms. The average Bonchev–Trinajstić information content (AvgIpc) is 2.74. The van der Waals surface area contributed by atoms with Crippen LogP contribution in [0.15, 0.2) is 18.2 Å². The Morgan fingerprint density at radius 2 is 1.66 bits per heavy atom. The molecule has 2 N–H and O–H groups in total. The molecule has 0 aromatic heterocycles. The van der Waals surface area contributed by atoms with Gasteiger partial charge in [-0.25, -0.2) is 4.79 Å². The van der Waals surface area contributed by atoms with E-state index in [0.717, 1.165) is 29.5 Å². The molecule has 7 nitrogen and oxygen atoms in total. The van der Waals surface area contributed by atoms with Gasteiger partial charge in [-0.15, -0.1) is 0 Å². The molecule has 0 aliphatic rings. The monoisotopic (exact) mass is 489 g/mol. The Balaban J connectivity index is 3.57. The summed E-state index contributed by atoms with van der Waals surface area (Å²) >= 11 is 0. The van der Waals surface area contributed by atoms with Crippen molar-refractivity contribution in [3.63, 3.8) is 0 Å². The molecule has 198 valence electrons. The quantitative estimate of drug-likeness (QED) is 0.433. The van der Waals surface area contributed by atoms with Crippen molar-refractivity contribution in [2.75, 3.05) is 6.54 Å². The summed E-state index contributed by atoms with van der Waals surface area (Å²) in [6.07, 6.45) is 1.64. The van der Waals surface area contributed by atoms with Gasteiger partial charge in [0.25, 0.3) is 0 Å². The van der Waals surface area contributed by atoms with Crippen molar-refractivity contribution in [2.24, 2.45) is 5.92 Å². The molecule has 0 heterocycles. The van der Waals surface area contributed by atoms with Crippen molar-refractivity contribution in [1.29, 1.82) is 0 Å². The predicted octanol–water partition coefficient (Wildman–Crippen LogP) is 5.44. The number of amides is 3. The first-order valence-electron chi connectivity index (χ1n) is 12.9. The smallest absolute Gasteiger partial charge is 0.408 e. The average molecular weight is 490 g/mol. The van der Waals surface area contributed by atoms with Crippen molar-refractivity contribution in [3.8, 4) is 0 Å². The van der Waals surface area contributed by atoms with E-state index >= 15 is 0 Å². The second-order valence-corrected chi connectivity index (χ2v) is 10.7. The van der Waals surface area contributed by atoms with Crippen LogP contribution < -0.4 is 10.6 Å². The number of hydrogen-bond donors (Lipinski definition) is 2. The van der Waals surface area contributed by atoms with E-state index in [0.29, 0.717) is 13.0 Å². The Kier molecular flexibility index (Phi) is 11.7. The lowest BCUT2D eigenvalue weighted by molar-refractivity contribution is -0.143. The molecule has 0 radical (unpaired) electrons. The van der Waals surface area contributed by atoms with Crippen molar-refractivity contribution >= 4 is 17.9 Å². The normalized spacial score (nSPS) is 14.1. The molecule has 0 spiro atoms. The van der Waals surface area contributed by atoms with Gasteiger partial charge in [-0.3, -0.25) is 9.59 Å². The van der Waals surface area contributed by atoms with E-state index in [-0.39, 0.29) is 23.8 Å². The number of hydrogen-bond acceptors (Lipinski definition) is 4. The van der Waals surface area contributed by atoms with Crippen LogP contribution in [-0.4, -0.2) is 47.0 Å². The third kappa shape index (κ3) is 9.19. The van der Waals surface area contributed by atoms with Gasteiger partial charge in [-0.05, 0) is 77.5 Å². The zero-order valence-corrected chi connectivity index (χ0v) is 23.5. The molecule has 1 aromatic carbocycles. The predicted molar refractivity (Wildman–Crippen MR) is 141 cm³/mol. The number of benzene rings is 1. The second-order valence-electron chi connectivity index (χ2n) is 10.7. The molecule has 35 heavy (non-hydrogen) atoms. The van der Waals surface area contributed by atoms with Crippen LogP contribution in [0.25, 0.3) is 0 Å². The SMILES string of the molecule is CCCCN(C(=O)C(NC(=O)OC(C)(C)C)C(C)CC)C(C(=O)NC(C)C)c1cccc(C)c1C. The van der Waals surface area contributed by atoms with E-state index in [4.69, 9.17) is 4.74 Å². The Hall–Kier alpha value is -2.57. The summed E-state index contributed by atoms with van der Waals surface area (Å²) in [5, 5.41) is 5.82. The number of aryl methyl sites for hydroxylation is 1. The number of carbonyl (C=O) groups excluding carboxylic acids is 3. The summed E-state index contributed by atoms with van der Waals surface area (Å²) in [4.78, 5) is 42.0. The lowest BCUT2D eigenvalue weighted by Crippen LogP contribution is -2.55. The number of unbranched alkanes of at least 4 members (excludes halogenated alkanes) is 1. The van der Waals surface area contributed by atoms with Crippen LogP contribution in [0.4, 0.5) is 4.79 Å². The third-order valence-electron chi connectivity index (χ3n) is 6.12. The highest BCUT2D eigenvalue weighted by atomic mass is 16.6. The van der Waals surface area contributed by atoms with E-state index in [1.165, 1.54) is 0 Å². The van der Waals surface area contributed by atoms with E-state index in [1.54, 1.807) is 25.7 Å². The zero-order chi connectivity index (χ0) is 26.9. The summed E-state index contributed by atoms with van der Waals surface area (Å²) in [6.45, 7) is 19.5. The minimum Gasteiger partial charge on any atom is -0.444 e. The van der Waals surface area contributed by atoms with E-state index < -0.39 is 23.8 Å². The van der Waals surface area contributed by atoms with Crippen LogP contribution >= 0.6 is 0 Å². The summed E-state index contributed by atoms with van der Waals surface area (Å²) in [6, 6.07) is 4.14. The minimum absolute atomic E-state index is 0.0801. The number of alkyl carbamates (subject to hydrolysis) is 1. The summed E-state index contributed by atoms with van der Waals surface area (Å²) in [5.74, 6) is -0.645. The van der Waals surface area contributed by atoms with Gasteiger partial charge in [0.1, 0.15) is 17.7 Å². The van der Waals surface area contributed by atoms with Crippen LogP contribution in [0.5, 0.6) is 0 Å². The number of nitrogens with one attached hydrogen (secondary N) is 2. The molecule has 0 aliphatic heterocycles. The van der Waals surface area contributed by atoms with Crippen LogP contribution in [-0.2, 0) is 14.3 Å². The number of ether oxygens (including phenoxy) is 1. The van der Waals surface area contributed by atoms with Gasteiger partial charge in [-0.2, -0.15) is 0 Å². The molecule has 1 rings (SSSR count). The van der Waals surface area contributed by atoms with Crippen molar-refractivity contribution in [2.45, 2.75) is 112 Å². The summed E-state index contributed by atoms with van der Waals surface area (Å²) in [5.41, 5.74) is 2.14. The van der Waals surface area contributed by atoms with E-state index in [9.17, 15) is 14.4 Å². The minimum atomic E-state index is -0.814. The topological polar surface area (TPSA) is 87.7 Å². The van der Waals surface area contributed by atoms with Crippen LogP contribution in [0.1, 0.15) is 97.4 Å². The van der Waals surface area contributed by atoms with Crippen LogP contribution in [0.2, 0.25) is 0 Å². The molecule has 3 unspecified atom stereocenters. The van der Waals surface area contributed by atoms with Crippen molar-refractivity contribution < 1.29 is 19.1 Å². The van der Waals surface area contributed by atoms with Crippen molar-refractivity contribution in [3.05, 3.63) is 34.9 Å². The highest BCUT2D eigenvalue weighted by molar-refractivity contribution is 5.92. The Morgan fingerprint density at radius 1 is 1.03 bits per heavy atom. The fourth-order valence-corrected chi connectivity index (χ4v) is 3.88. The summed E-state index contributed by atoms with van der Waals surface area (Å²) in [7, 11) is 0. The number of nitrogens with zero attached hydrogens (tertiary/aromatic N) is 1. The Bertz CT molecular complexity index is 860. The fraction of sp³-hybridized carbons (Fsp3) is 0.679. The van der Waals surface area contributed by atoms with Gasteiger partial charge >= 0.3 is 6.09 Å². The maximum absolute atomic E-state index is 14.1. The molecule has 3 amide bonds. The first-order valence-corrected chi connectivity index (χ1v) is 12.9. The molecule has 0 saturated heterocycles. The Morgan fingerprint density at radius 3 is 2.17 bits per heavy atom. The zero-order valence-electron chi connectivity index (χ0n) is 23.5. The van der Waals surface area contributed by atoms with Crippen LogP contribution in [0, 0.1) is 19.8 Å². The maximum Gasteiger partial charge on any atom is 0.408 e. The van der Waals surface area contributed by atoms with E-state index in [2.05, 4.69) is 17.6 Å². The molecule has 0 saturated carbocycles. The Labute approximate surface area is 212 Å².